The summed E-state index contributed by atoms with van der Waals surface area (Å²) in [7, 11) is 0. The van der Waals surface area contributed by atoms with Crippen LogP contribution >= 0.6 is 23.2 Å². The Kier molecular flexibility index (Phi) is 5.81. The molecule has 6 heteroatoms. The molecule has 114 valence electrons. The van der Waals surface area contributed by atoms with Gasteiger partial charge in [0, 0.05) is 15.6 Å². The zero-order valence-electron chi connectivity index (χ0n) is 11.8. The predicted molar refractivity (Wildman–Crippen MR) is 88.7 cm³/mol. The number of nitrogens with zero attached hydrogens (tertiary/aromatic N) is 1. The first-order chi connectivity index (χ1) is 10.6. The van der Waals surface area contributed by atoms with Crippen LogP contribution in [0.2, 0.25) is 10.0 Å². The number of halogens is 2. The molecule has 1 atom stereocenters. The van der Waals surface area contributed by atoms with E-state index < -0.39 is 6.10 Å². The Balaban J connectivity index is 1.89. The summed E-state index contributed by atoms with van der Waals surface area (Å²) in [4.78, 5) is 11.9. The molecular weight excluding hydrogens is 323 g/mol. The Morgan fingerprint density at radius 3 is 2.55 bits per heavy atom. The number of carbonyl (C=O) groups is 1. The number of benzene rings is 2. The third-order valence-corrected chi connectivity index (χ3v) is 3.38. The Labute approximate surface area is 138 Å². The van der Waals surface area contributed by atoms with Crippen LogP contribution in [-0.4, -0.2) is 18.2 Å². The topological polar surface area (TPSA) is 50.7 Å². The Morgan fingerprint density at radius 2 is 1.86 bits per heavy atom. The second kappa shape index (κ2) is 7.82. The average Bonchev–Trinajstić information content (AvgIpc) is 2.51. The van der Waals surface area contributed by atoms with Gasteiger partial charge < -0.3 is 4.74 Å². The molecule has 1 N–H and O–H groups in total. The van der Waals surface area contributed by atoms with Crippen molar-refractivity contribution in [2.75, 3.05) is 0 Å². The summed E-state index contributed by atoms with van der Waals surface area (Å²) in [5.41, 5.74) is 3.13. The van der Waals surface area contributed by atoms with Crippen molar-refractivity contribution in [2.45, 2.75) is 13.0 Å². The van der Waals surface area contributed by atoms with Crippen LogP contribution in [0.15, 0.2) is 53.6 Å². The SMILES string of the molecule is C[C@H](Oc1ccc(Cl)cc1)C(=O)N/N=C/c1ccccc1Cl. The molecule has 2 aromatic carbocycles. The third-order valence-electron chi connectivity index (χ3n) is 2.78. The first kappa shape index (κ1) is 16.3. The standard InChI is InChI=1S/C16H14Cl2N2O2/c1-11(22-14-8-6-13(17)7-9-14)16(21)20-19-10-12-4-2-3-5-15(12)18/h2-11H,1H3,(H,20,21)/b19-10+/t11-/m0/s1. The molecule has 2 aromatic rings. The number of hydrazone groups is 1. The Hall–Kier alpha value is -2.04. The summed E-state index contributed by atoms with van der Waals surface area (Å²) >= 11 is 11.8. The molecule has 0 fully saturated rings. The molecule has 0 aliphatic rings. The van der Waals surface area contributed by atoms with E-state index in [2.05, 4.69) is 10.5 Å². The highest BCUT2D eigenvalue weighted by atomic mass is 35.5. The van der Waals surface area contributed by atoms with Gasteiger partial charge >= 0.3 is 0 Å². The van der Waals surface area contributed by atoms with Gasteiger partial charge in [0.15, 0.2) is 6.10 Å². The van der Waals surface area contributed by atoms with Crippen LogP contribution in [0.5, 0.6) is 5.75 Å². The van der Waals surface area contributed by atoms with Gasteiger partial charge in [0.05, 0.1) is 6.21 Å². The van der Waals surface area contributed by atoms with Crippen molar-refractivity contribution in [3.63, 3.8) is 0 Å². The van der Waals surface area contributed by atoms with Crippen LogP contribution in [0.3, 0.4) is 0 Å². The summed E-state index contributed by atoms with van der Waals surface area (Å²) in [6, 6.07) is 14.0. The molecule has 2 rings (SSSR count). The third kappa shape index (κ3) is 4.76. The van der Waals surface area contributed by atoms with Crippen LogP contribution in [0.1, 0.15) is 12.5 Å². The molecular formula is C16H14Cl2N2O2. The van der Waals surface area contributed by atoms with Crippen LogP contribution < -0.4 is 10.2 Å². The zero-order valence-corrected chi connectivity index (χ0v) is 13.3. The molecule has 4 nitrogen and oxygen atoms in total. The van der Waals surface area contributed by atoms with Gasteiger partial charge in [-0.1, -0.05) is 41.4 Å². The molecule has 0 heterocycles. The second-order valence-electron chi connectivity index (χ2n) is 4.47. The van der Waals surface area contributed by atoms with E-state index in [9.17, 15) is 4.79 Å². The maximum absolute atomic E-state index is 11.9. The minimum atomic E-state index is -0.690. The van der Waals surface area contributed by atoms with Crippen molar-refractivity contribution in [3.05, 3.63) is 64.1 Å². The van der Waals surface area contributed by atoms with E-state index in [1.54, 1.807) is 43.3 Å². The van der Waals surface area contributed by atoms with Crippen LogP contribution in [-0.2, 0) is 4.79 Å². The minimum absolute atomic E-state index is 0.363. The van der Waals surface area contributed by atoms with E-state index in [4.69, 9.17) is 27.9 Å². The van der Waals surface area contributed by atoms with Gasteiger partial charge in [-0.05, 0) is 37.3 Å². The summed E-state index contributed by atoms with van der Waals surface area (Å²) in [5.74, 6) is 0.195. The first-order valence-corrected chi connectivity index (χ1v) is 7.31. The normalized spacial score (nSPS) is 12.1. The largest absolute Gasteiger partial charge is 0.481 e. The average molecular weight is 337 g/mol. The lowest BCUT2D eigenvalue weighted by Crippen LogP contribution is -2.33. The van der Waals surface area contributed by atoms with Crippen molar-refractivity contribution in [3.8, 4) is 5.75 Å². The van der Waals surface area contributed by atoms with E-state index in [1.165, 1.54) is 6.21 Å². The van der Waals surface area contributed by atoms with Crippen molar-refractivity contribution in [2.24, 2.45) is 5.10 Å². The Morgan fingerprint density at radius 1 is 1.18 bits per heavy atom. The monoisotopic (exact) mass is 336 g/mol. The fraction of sp³-hybridized carbons (Fsp3) is 0.125. The zero-order chi connectivity index (χ0) is 15.9. The van der Waals surface area contributed by atoms with Gasteiger partial charge in [-0.2, -0.15) is 5.10 Å². The summed E-state index contributed by atoms with van der Waals surface area (Å²) in [6.45, 7) is 1.63. The number of hydrogen-bond donors (Lipinski definition) is 1. The maximum Gasteiger partial charge on any atom is 0.280 e. The summed E-state index contributed by atoms with van der Waals surface area (Å²) < 4.78 is 5.49. The molecule has 0 saturated carbocycles. The number of carbonyl (C=O) groups excluding carboxylic acids is 1. The van der Waals surface area contributed by atoms with Crippen LogP contribution in [0.4, 0.5) is 0 Å². The van der Waals surface area contributed by atoms with Crippen molar-refractivity contribution < 1.29 is 9.53 Å². The van der Waals surface area contributed by atoms with Gasteiger partial charge in [-0.3, -0.25) is 4.79 Å². The summed E-state index contributed by atoms with van der Waals surface area (Å²) in [6.07, 6.45) is 0.791. The van der Waals surface area contributed by atoms with Crippen LogP contribution in [0.25, 0.3) is 0 Å². The molecule has 0 aromatic heterocycles. The molecule has 0 radical (unpaired) electrons. The lowest BCUT2D eigenvalue weighted by molar-refractivity contribution is -0.127. The number of amides is 1. The van der Waals surface area contributed by atoms with E-state index in [-0.39, 0.29) is 5.91 Å². The van der Waals surface area contributed by atoms with Gasteiger partial charge in [-0.15, -0.1) is 0 Å². The fourth-order valence-electron chi connectivity index (χ4n) is 1.61. The van der Waals surface area contributed by atoms with Crippen molar-refractivity contribution in [1.29, 1.82) is 0 Å². The maximum atomic E-state index is 11.9. The van der Waals surface area contributed by atoms with Gasteiger partial charge in [-0.25, -0.2) is 5.43 Å². The molecule has 0 bridgehead atoms. The number of hydrogen-bond acceptors (Lipinski definition) is 3. The molecule has 22 heavy (non-hydrogen) atoms. The van der Waals surface area contributed by atoms with Crippen molar-refractivity contribution in [1.82, 2.24) is 5.43 Å². The molecule has 0 unspecified atom stereocenters. The molecule has 1 amide bonds. The minimum Gasteiger partial charge on any atom is -0.481 e. The fourth-order valence-corrected chi connectivity index (χ4v) is 1.92. The van der Waals surface area contributed by atoms with Gasteiger partial charge in [0.2, 0.25) is 0 Å². The van der Waals surface area contributed by atoms with Gasteiger partial charge in [0.25, 0.3) is 5.91 Å². The molecule has 0 aliphatic heterocycles. The number of nitrogens with one attached hydrogen (secondary N) is 1. The molecule has 0 saturated heterocycles. The lowest BCUT2D eigenvalue weighted by Gasteiger charge is -2.12. The van der Waals surface area contributed by atoms with Crippen molar-refractivity contribution >= 4 is 35.3 Å². The Bertz CT molecular complexity index is 672. The highest BCUT2D eigenvalue weighted by Gasteiger charge is 2.13. The highest BCUT2D eigenvalue weighted by molar-refractivity contribution is 6.33. The van der Waals surface area contributed by atoms with Crippen LogP contribution in [0, 0.1) is 0 Å². The second-order valence-corrected chi connectivity index (χ2v) is 5.31. The number of ether oxygens (including phenoxy) is 1. The van der Waals surface area contributed by atoms with E-state index >= 15 is 0 Å². The summed E-state index contributed by atoms with van der Waals surface area (Å²) in [5, 5.41) is 5.04. The predicted octanol–water partition coefficient (Wildman–Crippen LogP) is 3.91. The number of rotatable bonds is 5. The first-order valence-electron chi connectivity index (χ1n) is 6.56. The highest BCUT2D eigenvalue weighted by Crippen LogP contribution is 2.16. The lowest BCUT2D eigenvalue weighted by atomic mass is 10.2. The smallest absolute Gasteiger partial charge is 0.280 e. The van der Waals surface area contributed by atoms with E-state index in [1.807, 2.05) is 12.1 Å². The van der Waals surface area contributed by atoms with E-state index in [0.29, 0.717) is 15.8 Å². The van der Waals surface area contributed by atoms with Gasteiger partial charge in [0.1, 0.15) is 5.75 Å². The quantitative estimate of drug-likeness (QED) is 0.664. The molecule has 0 aliphatic carbocycles. The molecule has 0 spiro atoms. The van der Waals surface area contributed by atoms with E-state index in [0.717, 1.165) is 5.56 Å².